The van der Waals surface area contributed by atoms with Gasteiger partial charge in [-0.3, -0.25) is 0 Å². The molecule has 0 radical (unpaired) electrons. The number of nitrogens with one attached hydrogen (secondary N) is 1. The number of halogens is 2. The van der Waals surface area contributed by atoms with Gasteiger partial charge < -0.3 is 9.55 Å². The molecule has 1 heterocycles. The molecule has 0 bridgehead atoms. The minimum Gasteiger partial charge on any atom is -0.331 e. The maximum absolute atomic E-state index is 13.7. The fourth-order valence-electron chi connectivity index (χ4n) is 2.82. The highest BCUT2D eigenvalue weighted by atomic mass is 79.9. The van der Waals surface area contributed by atoms with Crippen molar-refractivity contribution in [3.8, 4) is 0 Å². The molecule has 0 spiro atoms. The van der Waals surface area contributed by atoms with E-state index >= 15 is 0 Å². The van der Waals surface area contributed by atoms with Crippen molar-refractivity contribution in [3.63, 3.8) is 0 Å². The van der Waals surface area contributed by atoms with E-state index < -0.39 is 0 Å². The van der Waals surface area contributed by atoms with Gasteiger partial charge in [0.1, 0.15) is 5.82 Å². The lowest BCUT2D eigenvalue weighted by Gasteiger charge is -2.23. The van der Waals surface area contributed by atoms with Crippen molar-refractivity contribution in [1.82, 2.24) is 9.55 Å². The number of hydrogen-bond donors (Lipinski definition) is 1. The third-order valence-electron chi connectivity index (χ3n) is 3.70. The minimum absolute atomic E-state index is 0.235. The van der Waals surface area contributed by atoms with E-state index in [4.69, 9.17) is 12.2 Å². The Kier molecular flexibility index (Phi) is 3.28. The second-order valence-electron chi connectivity index (χ2n) is 4.88. The van der Waals surface area contributed by atoms with Gasteiger partial charge in [-0.05, 0) is 47.1 Å². The number of imidazole rings is 1. The quantitative estimate of drug-likeness (QED) is 0.722. The van der Waals surface area contributed by atoms with E-state index in [1.165, 1.54) is 19.3 Å². The Morgan fingerprint density at radius 2 is 2.00 bits per heavy atom. The molecule has 96 valence electrons. The lowest BCUT2D eigenvalue weighted by molar-refractivity contribution is 0.357. The monoisotopic (exact) mass is 328 g/mol. The van der Waals surface area contributed by atoms with Gasteiger partial charge in [-0.15, -0.1) is 0 Å². The molecule has 0 amide bonds. The van der Waals surface area contributed by atoms with Crippen LogP contribution >= 0.6 is 28.1 Å². The highest BCUT2D eigenvalue weighted by molar-refractivity contribution is 9.10. The highest BCUT2D eigenvalue weighted by Crippen LogP contribution is 2.32. The number of nitrogens with zero attached hydrogens (tertiary/aromatic N) is 1. The topological polar surface area (TPSA) is 20.7 Å². The van der Waals surface area contributed by atoms with Crippen LogP contribution in [0, 0.1) is 10.6 Å². The Morgan fingerprint density at radius 1 is 1.28 bits per heavy atom. The molecule has 5 heteroatoms. The van der Waals surface area contributed by atoms with Gasteiger partial charge in [-0.2, -0.15) is 0 Å². The van der Waals surface area contributed by atoms with Crippen molar-refractivity contribution in [2.24, 2.45) is 0 Å². The molecule has 1 aliphatic rings. The molecule has 1 fully saturated rings. The van der Waals surface area contributed by atoms with Crippen LogP contribution in [0.2, 0.25) is 0 Å². The average molecular weight is 329 g/mol. The van der Waals surface area contributed by atoms with E-state index in [-0.39, 0.29) is 5.82 Å². The number of hydrogen-bond acceptors (Lipinski definition) is 1. The predicted octanol–water partition coefficient (Wildman–Crippen LogP) is 5.11. The van der Waals surface area contributed by atoms with E-state index in [9.17, 15) is 4.39 Å². The summed E-state index contributed by atoms with van der Waals surface area (Å²) in [6, 6.07) is 3.75. The van der Waals surface area contributed by atoms with Gasteiger partial charge in [0.2, 0.25) is 0 Å². The first-order valence-electron chi connectivity index (χ1n) is 6.26. The van der Waals surface area contributed by atoms with Crippen molar-refractivity contribution in [2.45, 2.75) is 38.1 Å². The first-order chi connectivity index (χ1) is 8.66. The van der Waals surface area contributed by atoms with E-state index in [0.717, 1.165) is 23.9 Å². The predicted molar refractivity (Wildman–Crippen MR) is 76.9 cm³/mol. The molecule has 0 aliphatic heterocycles. The molecule has 1 saturated carbocycles. The van der Waals surface area contributed by atoms with Gasteiger partial charge in [0.15, 0.2) is 4.77 Å². The summed E-state index contributed by atoms with van der Waals surface area (Å²) in [7, 11) is 0. The Balaban J connectivity index is 2.18. The fourth-order valence-corrected chi connectivity index (χ4v) is 3.52. The zero-order valence-electron chi connectivity index (χ0n) is 9.88. The van der Waals surface area contributed by atoms with Crippen LogP contribution in [0.25, 0.3) is 11.0 Å². The molecule has 18 heavy (non-hydrogen) atoms. The number of benzene rings is 1. The Bertz CT molecular complexity index is 640. The van der Waals surface area contributed by atoms with Crippen molar-refractivity contribution in [1.29, 1.82) is 0 Å². The summed E-state index contributed by atoms with van der Waals surface area (Å²) < 4.78 is 17.0. The summed E-state index contributed by atoms with van der Waals surface area (Å²) >= 11 is 8.60. The van der Waals surface area contributed by atoms with Crippen LogP contribution in [0.4, 0.5) is 4.39 Å². The van der Waals surface area contributed by atoms with E-state index in [1.54, 1.807) is 12.1 Å². The highest BCUT2D eigenvalue weighted by Gasteiger charge is 2.19. The normalized spacial score (nSPS) is 17.4. The van der Waals surface area contributed by atoms with Crippen LogP contribution in [0.15, 0.2) is 16.6 Å². The molecular weight excluding hydrogens is 315 g/mol. The van der Waals surface area contributed by atoms with Crippen LogP contribution in [0.3, 0.4) is 0 Å². The van der Waals surface area contributed by atoms with Crippen LogP contribution < -0.4 is 0 Å². The number of fused-ring (bicyclic) bond motifs is 1. The first-order valence-corrected chi connectivity index (χ1v) is 7.46. The summed E-state index contributed by atoms with van der Waals surface area (Å²) in [6.45, 7) is 0. The molecule has 1 N–H and O–H groups in total. The molecule has 0 atom stereocenters. The van der Waals surface area contributed by atoms with Gasteiger partial charge in [0.05, 0.1) is 15.5 Å². The Hall–Kier alpha value is -0.680. The SMILES string of the molecule is Fc1cc2c(cc1Br)[nH]c(=S)n2C1CCCCC1. The number of H-pyrrole nitrogens is 1. The smallest absolute Gasteiger partial charge is 0.178 e. The summed E-state index contributed by atoms with van der Waals surface area (Å²) in [6.07, 6.45) is 6.04. The summed E-state index contributed by atoms with van der Waals surface area (Å²) in [5, 5.41) is 0. The van der Waals surface area contributed by atoms with Crippen LogP contribution in [-0.2, 0) is 0 Å². The molecule has 1 aliphatic carbocycles. The minimum atomic E-state index is -0.235. The fraction of sp³-hybridized carbons (Fsp3) is 0.462. The molecule has 3 rings (SSSR count). The molecule has 2 aromatic rings. The standard InChI is InChI=1S/C13H14BrFN2S/c14-9-6-11-12(7-10(9)15)17(13(18)16-11)8-4-2-1-3-5-8/h6-8H,1-5H2,(H,16,18). The van der Waals surface area contributed by atoms with E-state index in [0.29, 0.717) is 15.3 Å². The van der Waals surface area contributed by atoms with Gasteiger partial charge in [0.25, 0.3) is 0 Å². The summed E-state index contributed by atoms with van der Waals surface area (Å²) in [4.78, 5) is 3.17. The zero-order chi connectivity index (χ0) is 12.7. The molecular formula is C13H14BrFN2S. The van der Waals surface area contributed by atoms with Gasteiger partial charge in [-0.25, -0.2) is 4.39 Å². The van der Waals surface area contributed by atoms with Crippen molar-refractivity contribution < 1.29 is 4.39 Å². The van der Waals surface area contributed by atoms with Crippen LogP contribution in [0.5, 0.6) is 0 Å². The van der Waals surface area contributed by atoms with Crippen molar-refractivity contribution >= 4 is 39.2 Å². The second-order valence-corrected chi connectivity index (χ2v) is 6.12. The van der Waals surface area contributed by atoms with Crippen LogP contribution in [-0.4, -0.2) is 9.55 Å². The zero-order valence-corrected chi connectivity index (χ0v) is 12.3. The number of aromatic nitrogens is 2. The van der Waals surface area contributed by atoms with Gasteiger partial charge in [-0.1, -0.05) is 19.3 Å². The third-order valence-corrected chi connectivity index (χ3v) is 4.60. The molecule has 0 saturated heterocycles. The lowest BCUT2D eigenvalue weighted by Crippen LogP contribution is -2.12. The largest absolute Gasteiger partial charge is 0.331 e. The Morgan fingerprint density at radius 3 is 2.72 bits per heavy atom. The molecule has 2 nitrogen and oxygen atoms in total. The first kappa shape index (κ1) is 12.4. The third kappa shape index (κ3) is 2.03. The van der Waals surface area contributed by atoms with E-state index in [1.807, 2.05) is 0 Å². The average Bonchev–Trinajstić information content (AvgIpc) is 2.66. The summed E-state index contributed by atoms with van der Waals surface area (Å²) in [5.41, 5.74) is 1.78. The Labute approximate surface area is 118 Å². The molecule has 1 aromatic heterocycles. The van der Waals surface area contributed by atoms with Crippen LogP contribution in [0.1, 0.15) is 38.1 Å². The van der Waals surface area contributed by atoms with Crippen molar-refractivity contribution in [3.05, 3.63) is 27.2 Å². The number of rotatable bonds is 1. The lowest BCUT2D eigenvalue weighted by atomic mass is 9.95. The maximum Gasteiger partial charge on any atom is 0.178 e. The molecule has 1 aromatic carbocycles. The number of aromatic amines is 1. The van der Waals surface area contributed by atoms with Gasteiger partial charge in [0, 0.05) is 12.1 Å². The second kappa shape index (κ2) is 4.78. The van der Waals surface area contributed by atoms with Gasteiger partial charge >= 0.3 is 0 Å². The summed E-state index contributed by atoms with van der Waals surface area (Å²) in [5.74, 6) is -0.235. The molecule has 0 unspecified atom stereocenters. The maximum atomic E-state index is 13.7. The van der Waals surface area contributed by atoms with E-state index in [2.05, 4.69) is 25.5 Å². The van der Waals surface area contributed by atoms with Crippen molar-refractivity contribution in [2.75, 3.05) is 0 Å².